The summed E-state index contributed by atoms with van der Waals surface area (Å²) in [5.74, 6) is -0.152. The molecule has 23 heavy (non-hydrogen) atoms. The van der Waals surface area contributed by atoms with Gasteiger partial charge in [-0.2, -0.15) is 0 Å². The topological polar surface area (TPSA) is 67.4 Å². The molecular formula is C17H26IN2O3-. The van der Waals surface area contributed by atoms with E-state index in [0.717, 1.165) is 5.56 Å². The summed E-state index contributed by atoms with van der Waals surface area (Å²) in [5.41, 5.74) is 0.449. The van der Waals surface area contributed by atoms with Crippen LogP contribution in [0.5, 0.6) is 0 Å². The number of hydrogen-bond acceptors (Lipinski definition) is 3. The van der Waals surface area contributed by atoms with Crippen molar-refractivity contribution in [1.29, 1.82) is 0 Å². The van der Waals surface area contributed by atoms with Crippen LogP contribution in [0.3, 0.4) is 0 Å². The Morgan fingerprint density at radius 3 is 2.30 bits per heavy atom. The summed E-state index contributed by atoms with van der Waals surface area (Å²) >= 11 is -0.524. The van der Waals surface area contributed by atoms with Crippen molar-refractivity contribution in [2.24, 2.45) is 0 Å². The fourth-order valence-corrected chi connectivity index (χ4v) is 4.11. The van der Waals surface area contributed by atoms with Gasteiger partial charge in [-0.25, -0.2) is 0 Å². The molecule has 0 aliphatic rings. The second kappa shape index (κ2) is 9.10. The molecule has 1 atom stereocenters. The van der Waals surface area contributed by atoms with Gasteiger partial charge in [-0.3, -0.25) is 0 Å². The van der Waals surface area contributed by atoms with E-state index in [-0.39, 0.29) is 5.91 Å². The molecule has 0 spiro atoms. The van der Waals surface area contributed by atoms with E-state index < -0.39 is 36.9 Å². The normalized spacial score (nSPS) is 12.8. The molecule has 0 radical (unpaired) electrons. The Balaban J connectivity index is 2.61. The van der Waals surface area contributed by atoms with Crippen molar-refractivity contribution >= 4 is 12.0 Å². The number of carbonyl (C=O) groups excluding carboxylic acids is 2. The van der Waals surface area contributed by atoms with Crippen LogP contribution in [0.4, 0.5) is 4.79 Å². The van der Waals surface area contributed by atoms with Crippen molar-refractivity contribution in [1.82, 2.24) is 10.6 Å². The van der Waals surface area contributed by atoms with Gasteiger partial charge in [0.1, 0.15) is 0 Å². The molecule has 0 saturated carbocycles. The van der Waals surface area contributed by atoms with E-state index in [4.69, 9.17) is 4.74 Å². The molecule has 6 heteroatoms. The zero-order valence-corrected chi connectivity index (χ0v) is 16.5. The van der Waals surface area contributed by atoms with E-state index in [2.05, 4.69) is 24.5 Å². The molecule has 5 nitrogen and oxygen atoms in total. The van der Waals surface area contributed by atoms with Crippen LogP contribution in [0, 0.1) is 0 Å². The van der Waals surface area contributed by atoms with Crippen LogP contribution in [0.2, 0.25) is 0 Å². The van der Waals surface area contributed by atoms with Crippen LogP contribution in [0.15, 0.2) is 30.3 Å². The maximum absolute atomic E-state index is 12.4. The quantitative estimate of drug-likeness (QED) is 0.366. The summed E-state index contributed by atoms with van der Waals surface area (Å²) < 4.78 is 5.14. The molecule has 0 aromatic heterocycles. The van der Waals surface area contributed by atoms with Gasteiger partial charge in [0.2, 0.25) is 0 Å². The summed E-state index contributed by atoms with van der Waals surface area (Å²) in [6.45, 7) is 9.97. The van der Waals surface area contributed by atoms with E-state index in [0.29, 0.717) is 10.5 Å². The van der Waals surface area contributed by atoms with Gasteiger partial charge in [0.15, 0.2) is 0 Å². The van der Waals surface area contributed by atoms with Crippen LogP contribution >= 0.6 is 0 Å². The second-order valence-electron chi connectivity index (χ2n) is 6.35. The first kappa shape index (κ1) is 19.7. The molecule has 1 aromatic rings. The molecule has 2 amide bonds. The Morgan fingerprint density at radius 1 is 1.17 bits per heavy atom. The van der Waals surface area contributed by atoms with E-state index in [9.17, 15) is 9.59 Å². The molecule has 2 N–H and O–H groups in total. The van der Waals surface area contributed by atoms with Gasteiger partial charge in [0.25, 0.3) is 0 Å². The van der Waals surface area contributed by atoms with Gasteiger partial charge in [-0.15, -0.1) is 0 Å². The fraction of sp³-hybridized carbons (Fsp3) is 0.529. The number of carbonyl (C=O) groups is 2. The van der Waals surface area contributed by atoms with Gasteiger partial charge in [0, 0.05) is 0 Å². The van der Waals surface area contributed by atoms with Crippen molar-refractivity contribution in [3.05, 3.63) is 35.9 Å². The standard InChI is InChI=1S/C17H26IN2O3/c1-12(2)18-14(20-16(22)23-17(3,4)5)15(21)19-11-13-9-7-6-8-10-13/h6-10,12,14H,11H2,1-5H3,(H,19,21)(H,20,22)/q-1. The molecule has 0 aliphatic carbocycles. The average Bonchev–Trinajstić information content (AvgIpc) is 2.42. The zero-order chi connectivity index (χ0) is 17.5. The van der Waals surface area contributed by atoms with E-state index in [1.165, 1.54) is 0 Å². The van der Waals surface area contributed by atoms with Crippen LogP contribution in [-0.2, 0) is 16.1 Å². The third kappa shape index (κ3) is 8.78. The molecule has 0 saturated heterocycles. The number of halogens is 1. The van der Waals surface area contributed by atoms with Crippen LogP contribution < -0.4 is 31.8 Å². The van der Waals surface area contributed by atoms with Crippen LogP contribution in [-0.4, -0.2) is 25.6 Å². The number of rotatable bonds is 6. The fourth-order valence-electron chi connectivity index (χ4n) is 1.69. The van der Waals surface area contributed by atoms with E-state index >= 15 is 0 Å². The molecule has 130 valence electrons. The summed E-state index contributed by atoms with van der Waals surface area (Å²) in [6, 6.07) is 9.70. The predicted molar refractivity (Wildman–Crippen MR) is 86.6 cm³/mol. The number of ether oxygens (including phenoxy) is 1. The molecule has 0 heterocycles. The van der Waals surface area contributed by atoms with Gasteiger partial charge in [-0.05, 0) is 0 Å². The van der Waals surface area contributed by atoms with Crippen molar-refractivity contribution in [3.63, 3.8) is 0 Å². The first-order chi connectivity index (χ1) is 10.7. The molecular weight excluding hydrogens is 407 g/mol. The second-order valence-corrected chi connectivity index (χ2v) is 10.8. The van der Waals surface area contributed by atoms with Crippen molar-refractivity contribution in [2.45, 2.75) is 54.7 Å². The minimum atomic E-state index is -0.578. The summed E-state index contributed by atoms with van der Waals surface area (Å²) in [4.78, 5) is 24.3. The molecule has 0 bridgehead atoms. The van der Waals surface area contributed by atoms with Crippen LogP contribution in [0.1, 0.15) is 40.2 Å². The SMILES string of the molecule is CC(C)[I-]C(NC(=O)OC(C)(C)C)C(=O)NCc1ccccc1. The monoisotopic (exact) mass is 433 g/mol. The van der Waals surface area contributed by atoms with Crippen LogP contribution in [0.25, 0.3) is 0 Å². The number of alkyl halides is 2. The van der Waals surface area contributed by atoms with Crippen molar-refractivity contribution < 1.29 is 35.5 Å². The number of benzene rings is 1. The van der Waals surface area contributed by atoms with Gasteiger partial charge in [0.05, 0.1) is 0 Å². The number of nitrogens with one attached hydrogen (secondary N) is 2. The third-order valence-electron chi connectivity index (χ3n) is 2.56. The zero-order valence-electron chi connectivity index (χ0n) is 14.4. The summed E-state index contributed by atoms with van der Waals surface area (Å²) in [5, 5.41) is 5.61. The molecule has 1 unspecified atom stereocenters. The third-order valence-corrected chi connectivity index (χ3v) is 5.60. The van der Waals surface area contributed by atoms with Gasteiger partial charge >= 0.3 is 149 Å². The Bertz CT molecular complexity index is 512. The first-order valence-corrected chi connectivity index (χ1v) is 10.1. The van der Waals surface area contributed by atoms with Crippen molar-refractivity contribution in [3.8, 4) is 0 Å². The summed E-state index contributed by atoms with van der Waals surface area (Å²) in [6.07, 6.45) is -0.544. The number of amides is 2. The molecule has 0 aliphatic heterocycles. The number of hydrogen-bond donors (Lipinski definition) is 2. The molecule has 0 fully saturated rings. The maximum atomic E-state index is 12.4. The predicted octanol–water partition coefficient (Wildman–Crippen LogP) is -0.349. The minimum absolute atomic E-state index is 0.152. The average molecular weight is 433 g/mol. The summed E-state index contributed by atoms with van der Waals surface area (Å²) in [7, 11) is 0. The Labute approximate surface area is 148 Å². The Morgan fingerprint density at radius 2 is 1.78 bits per heavy atom. The van der Waals surface area contributed by atoms with Gasteiger partial charge in [-0.1, -0.05) is 0 Å². The van der Waals surface area contributed by atoms with E-state index in [1.807, 2.05) is 30.3 Å². The Kier molecular flexibility index (Phi) is 7.81. The first-order valence-electron chi connectivity index (χ1n) is 7.60. The molecule has 1 aromatic carbocycles. The van der Waals surface area contributed by atoms with Crippen molar-refractivity contribution in [2.75, 3.05) is 0 Å². The van der Waals surface area contributed by atoms with Gasteiger partial charge < -0.3 is 0 Å². The Hall–Kier alpha value is -1.31. The molecule has 1 rings (SSSR count). The number of alkyl carbamates (subject to hydrolysis) is 1. The van der Waals surface area contributed by atoms with E-state index in [1.54, 1.807) is 20.8 Å².